The Bertz CT molecular complexity index is 943. The molecule has 3 aromatic rings. The second-order valence-corrected chi connectivity index (χ2v) is 6.23. The van der Waals surface area contributed by atoms with Crippen LogP contribution in [0.3, 0.4) is 0 Å². The van der Waals surface area contributed by atoms with Crippen molar-refractivity contribution in [3.8, 4) is 5.75 Å². The van der Waals surface area contributed by atoms with E-state index in [0.29, 0.717) is 22.1 Å². The molecule has 2 amide bonds. The highest BCUT2D eigenvalue weighted by Gasteiger charge is 2.15. The van der Waals surface area contributed by atoms with Crippen LogP contribution >= 0.6 is 22.9 Å². The van der Waals surface area contributed by atoms with Crippen LogP contribution in [0, 0.1) is 0 Å². The molecule has 2 heterocycles. The van der Waals surface area contributed by atoms with E-state index in [-0.39, 0.29) is 16.8 Å². The number of rotatable bonds is 5. The van der Waals surface area contributed by atoms with Crippen LogP contribution in [0.2, 0.25) is 5.15 Å². The van der Waals surface area contributed by atoms with Crippen LogP contribution in [0.4, 0.5) is 10.8 Å². The summed E-state index contributed by atoms with van der Waals surface area (Å²) in [5.74, 6) is -0.117. The van der Waals surface area contributed by atoms with Crippen molar-refractivity contribution in [1.82, 2.24) is 9.97 Å². The van der Waals surface area contributed by atoms with Gasteiger partial charge in [0.05, 0.1) is 12.8 Å². The van der Waals surface area contributed by atoms with Gasteiger partial charge in [-0.3, -0.25) is 14.9 Å². The molecular weight excluding hydrogens is 376 g/mol. The molecule has 0 radical (unpaired) electrons. The summed E-state index contributed by atoms with van der Waals surface area (Å²) < 4.78 is 5.05. The first-order chi connectivity index (χ1) is 12.6. The Morgan fingerprint density at radius 1 is 1.12 bits per heavy atom. The summed E-state index contributed by atoms with van der Waals surface area (Å²) >= 11 is 7.06. The lowest BCUT2D eigenvalue weighted by atomic mass is 10.2. The smallest absolute Gasteiger partial charge is 0.275 e. The molecule has 26 heavy (non-hydrogen) atoms. The summed E-state index contributed by atoms with van der Waals surface area (Å²) in [7, 11) is 1.55. The van der Waals surface area contributed by atoms with Gasteiger partial charge in [0.15, 0.2) is 10.3 Å². The number of carbonyl (C=O) groups excluding carboxylic acids is 2. The quantitative estimate of drug-likeness (QED) is 0.650. The van der Waals surface area contributed by atoms with Gasteiger partial charge in [-0.25, -0.2) is 9.97 Å². The van der Waals surface area contributed by atoms with Crippen molar-refractivity contribution in [3.63, 3.8) is 0 Å². The van der Waals surface area contributed by atoms with E-state index in [0.717, 1.165) is 11.3 Å². The molecule has 0 aliphatic rings. The molecule has 0 aliphatic heterocycles. The third-order valence-corrected chi connectivity index (χ3v) is 4.38. The van der Waals surface area contributed by atoms with Crippen molar-refractivity contribution >= 4 is 45.6 Å². The minimum Gasteiger partial charge on any atom is -0.497 e. The predicted octanol–water partition coefficient (Wildman–Crippen LogP) is 3.70. The third-order valence-electron chi connectivity index (χ3n) is 3.32. The number of methoxy groups -OCH3 is 1. The summed E-state index contributed by atoms with van der Waals surface area (Å²) in [6, 6.07) is 9.94. The normalized spacial score (nSPS) is 10.2. The van der Waals surface area contributed by atoms with Crippen molar-refractivity contribution in [2.45, 2.75) is 0 Å². The molecular formula is C17H13ClN4O3S. The van der Waals surface area contributed by atoms with Crippen LogP contribution in [-0.2, 0) is 0 Å². The van der Waals surface area contributed by atoms with Crippen molar-refractivity contribution in [3.05, 3.63) is 64.4 Å². The molecule has 2 aromatic heterocycles. The summed E-state index contributed by atoms with van der Waals surface area (Å²) in [4.78, 5) is 32.4. The fraction of sp³-hybridized carbons (Fsp3) is 0.0588. The second kappa shape index (κ2) is 7.94. The molecule has 0 spiro atoms. The number of pyridine rings is 1. The van der Waals surface area contributed by atoms with Gasteiger partial charge in [0.1, 0.15) is 11.4 Å². The van der Waals surface area contributed by atoms with Crippen LogP contribution in [-0.4, -0.2) is 28.9 Å². The Labute approximate surface area is 158 Å². The molecule has 0 unspecified atom stereocenters. The summed E-state index contributed by atoms with van der Waals surface area (Å²) in [6.45, 7) is 0. The lowest BCUT2D eigenvalue weighted by Crippen LogP contribution is -2.14. The first-order valence-corrected chi connectivity index (χ1v) is 8.65. The number of thiazole rings is 1. The predicted molar refractivity (Wildman–Crippen MR) is 100 cm³/mol. The highest BCUT2D eigenvalue weighted by Crippen LogP contribution is 2.21. The van der Waals surface area contributed by atoms with Gasteiger partial charge < -0.3 is 10.1 Å². The van der Waals surface area contributed by atoms with Crippen LogP contribution in [0.15, 0.2) is 48.0 Å². The maximum atomic E-state index is 12.2. The number of anilines is 2. The number of ether oxygens (including phenoxy) is 1. The Morgan fingerprint density at radius 2 is 1.88 bits per heavy atom. The zero-order valence-corrected chi connectivity index (χ0v) is 15.1. The van der Waals surface area contributed by atoms with E-state index in [1.54, 1.807) is 48.9 Å². The first kappa shape index (κ1) is 17.8. The molecule has 1 aromatic carbocycles. The zero-order valence-electron chi connectivity index (χ0n) is 13.5. The summed E-state index contributed by atoms with van der Waals surface area (Å²) in [5, 5.41) is 7.32. The van der Waals surface area contributed by atoms with E-state index in [4.69, 9.17) is 16.3 Å². The maximum absolute atomic E-state index is 12.2. The highest BCUT2D eigenvalue weighted by atomic mass is 35.5. The zero-order chi connectivity index (χ0) is 18.5. The molecule has 132 valence electrons. The van der Waals surface area contributed by atoms with Gasteiger partial charge in [0.25, 0.3) is 11.8 Å². The fourth-order valence-electron chi connectivity index (χ4n) is 2.01. The Balaban J connectivity index is 1.66. The molecule has 0 saturated heterocycles. The Morgan fingerprint density at radius 3 is 2.58 bits per heavy atom. The van der Waals surface area contributed by atoms with E-state index < -0.39 is 5.91 Å². The molecule has 0 atom stereocenters. The second-order valence-electron chi connectivity index (χ2n) is 5.02. The van der Waals surface area contributed by atoms with Gasteiger partial charge in [-0.15, -0.1) is 11.3 Å². The average Bonchev–Trinajstić information content (AvgIpc) is 3.12. The van der Waals surface area contributed by atoms with Crippen molar-refractivity contribution < 1.29 is 14.3 Å². The van der Waals surface area contributed by atoms with Gasteiger partial charge in [0.2, 0.25) is 0 Å². The van der Waals surface area contributed by atoms with E-state index in [2.05, 4.69) is 20.6 Å². The van der Waals surface area contributed by atoms with Crippen molar-refractivity contribution in [1.29, 1.82) is 0 Å². The lowest BCUT2D eigenvalue weighted by molar-refractivity contribution is 0.101. The summed E-state index contributed by atoms with van der Waals surface area (Å²) in [6.07, 6.45) is 1.52. The van der Waals surface area contributed by atoms with Gasteiger partial charge in [0, 0.05) is 17.1 Å². The number of hydrogen-bond acceptors (Lipinski definition) is 6. The Kier molecular flexibility index (Phi) is 5.45. The van der Waals surface area contributed by atoms with Gasteiger partial charge >= 0.3 is 0 Å². The van der Waals surface area contributed by atoms with E-state index in [9.17, 15) is 9.59 Å². The minimum atomic E-state index is -0.443. The Hall–Kier alpha value is -2.97. The maximum Gasteiger partial charge on any atom is 0.275 e. The largest absolute Gasteiger partial charge is 0.497 e. The molecule has 2 N–H and O–H groups in total. The summed E-state index contributed by atoms with van der Waals surface area (Å²) in [5.41, 5.74) is 1.00. The topological polar surface area (TPSA) is 93.2 Å². The van der Waals surface area contributed by atoms with Gasteiger partial charge in [-0.05, 0) is 36.4 Å². The van der Waals surface area contributed by atoms with Crippen molar-refractivity contribution in [2.24, 2.45) is 0 Å². The molecule has 0 aliphatic carbocycles. The lowest BCUT2D eigenvalue weighted by Gasteiger charge is -2.04. The van der Waals surface area contributed by atoms with Gasteiger partial charge in [-0.2, -0.15) is 0 Å². The number of nitrogens with zero attached hydrogens (tertiary/aromatic N) is 2. The number of aromatic nitrogens is 2. The molecule has 7 nitrogen and oxygen atoms in total. The third kappa shape index (κ3) is 4.16. The molecule has 0 fully saturated rings. The van der Waals surface area contributed by atoms with E-state index >= 15 is 0 Å². The van der Waals surface area contributed by atoms with Crippen LogP contribution in [0.1, 0.15) is 20.8 Å². The number of amides is 2. The number of hydrogen-bond donors (Lipinski definition) is 2. The molecule has 3 rings (SSSR count). The minimum absolute atomic E-state index is 0.167. The molecule has 9 heteroatoms. The van der Waals surface area contributed by atoms with Crippen LogP contribution in [0.25, 0.3) is 0 Å². The van der Waals surface area contributed by atoms with Gasteiger partial charge in [-0.1, -0.05) is 11.6 Å². The highest BCUT2D eigenvalue weighted by molar-refractivity contribution is 7.14. The van der Waals surface area contributed by atoms with Crippen molar-refractivity contribution in [2.75, 3.05) is 17.7 Å². The molecule has 0 saturated carbocycles. The average molecular weight is 389 g/mol. The molecule has 0 bridgehead atoms. The van der Waals surface area contributed by atoms with E-state index in [1.807, 2.05) is 0 Å². The number of benzene rings is 1. The number of halogens is 1. The first-order valence-electron chi connectivity index (χ1n) is 7.39. The monoisotopic (exact) mass is 388 g/mol. The fourth-order valence-corrected chi connectivity index (χ4v) is 2.87. The van der Waals surface area contributed by atoms with E-state index in [1.165, 1.54) is 6.20 Å². The SMILES string of the molecule is COc1ccc(C(=O)Nc2nc(C(=O)Nc3cccnc3Cl)cs2)cc1. The number of nitrogens with one attached hydrogen (secondary N) is 2. The number of carbonyl (C=O) groups is 2. The van der Waals surface area contributed by atoms with Crippen LogP contribution < -0.4 is 15.4 Å². The standard InChI is InChI=1S/C17H13ClN4O3S/c1-25-11-6-4-10(5-7-11)15(23)22-17-21-13(9-26-17)16(24)20-12-3-2-8-19-14(12)18/h2-9H,1H3,(H,20,24)(H,21,22,23). The van der Waals surface area contributed by atoms with Crippen LogP contribution in [0.5, 0.6) is 5.75 Å².